The largest absolute Gasteiger partial charge is 0.338 e. The Morgan fingerprint density at radius 2 is 2.24 bits per heavy atom. The Labute approximate surface area is 153 Å². The lowest BCUT2D eigenvalue weighted by Crippen LogP contribution is -2.43. The zero-order valence-electron chi connectivity index (χ0n) is 14.7. The first-order valence-electron chi connectivity index (χ1n) is 8.84. The maximum Gasteiger partial charge on any atom is 0.317 e. The van der Waals surface area contributed by atoms with Crippen molar-refractivity contribution in [2.45, 2.75) is 25.9 Å². The molecule has 2 amide bonds. The van der Waals surface area contributed by atoms with Crippen molar-refractivity contribution >= 4 is 17.4 Å². The van der Waals surface area contributed by atoms with E-state index in [2.05, 4.69) is 45.5 Å². The van der Waals surface area contributed by atoms with Gasteiger partial charge in [-0.3, -0.25) is 4.90 Å². The number of likely N-dealkylation sites (tertiary alicyclic amines) is 1. The van der Waals surface area contributed by atoms with Crippen LogP contribution in [0.1, 0.15) is 23.4 Å². The minimum atomic E-state index is -0.0182. The van der Waals surface area contributed by atoms with E-state index < -0.39 is 0 Å². The third-order valence-electron chi connectivity index (χ3n) is 4.60. The van der Waals surface area contributed by atoms with Crippen molar-refractivity contribution < 1.29 is 4.79 Å². The van der Waals surface area contributed by atoms with E-state index in [0.29, 0.717) is 12.5 Å². The molecule has 0 unspecified atom stereocenters. The first-order valence-corrected chi connectivity index (χ1v) is 9.72. The fraction of sp³-hybridized carbons (Fsp3) is 0.474. The van der Waals surface area contributed by atoms with Crippen molar-refractivity contribution in [3.63, 3.8) is 0 Å². The van der Waals surface area contributed by atoms with Gasteiger partial charge in [0.15, 0.2) is 0 Å². The second-order valence-corrected chi connectivity index (χ2v) is 7.68. The summed E-state index contributed by atoms with van der Waals surface area (Å²) in [6.45, 7) is 4.49. The Hall–Kier alpha value is -1.92. The van der Waals surface area contributed by atoms with Gasteiger partial charge in [-0.15, -0.1) is 11.3 Å². The van der Waals surface area contributed by atoms with Gasteiger partial charge in [-0.05, 0) is 30.9 Å². The maximum absolute atomic E-state index is 12.3. The van der Waals surface area contributed by atoms with Crippen LogP contribution in [0.2, 0.25) is 0 Å². The standard InChI is InChI=1S/C19H26N4OS/c1-22(15-18-20-9-11-25-18)19(24)21-12-17-8-5-10-23(14-17)13-16-6-3-2-4-7-16/h2-4,6-7,9,11,17H,5,8,10,12-15H2,1H3,(H,21,24)/t17-/m1/s1. The lowest BCUT2D eigenvalue weighted by molar-refractivity contribution is 0.161. The number of benzene rings is 1. The average molecular weight is 359 g/mol. The van der Waals surface area contributed by atoms with Crippen LogP contribution in [0.15, 0.2) is 41.9 Å². The van der Waals surface area contributed by atoms with Crippen molar-refractivity contribution in [3.05, 3.63) is 52.5 Å². The Bertz CT molecular complexity index is 647. The molecule has 0 saturated carbocycles. The summed E-state index contributed by atoms with van der Waals surface area (Å²) in [6.07, 6.45) is 4.15. The van der Waals surface area contributed by atoms with Crippen LogP contribution in [0.5, 0.6) is 0 Å². The topological polar surface area (TPSA) is 48.5 Å². The Balaban J connectivity index is 1.42. The molecule has 25 heavy (non-hydrogen) atoms. The molecular weight excluding hydrogens is 332 g/mol. The van der Waals surface area contributed by atoms with Gasteiger partial charge in [0.1, 0.15) is 5.01 Å². The van der Waals surface area contributed by atoms with Gasteiger partial charge >= 0.3 is 6.03 Å². The minimum Gasteiger partial charge on any atom is -0.338 e. The number of hydrogen-bond acceptors (Lipinski definition) is 4. The number of aromatic nitrogens is 1. The maximum atomic E-state index is 12.3. The molecule has 5 nitrogen and oxygen atoms in total. The van der Waals surface area contributed by atoms with E-state index in [1.807, 2.05) is 12.4 Å². The molecule has 1 N–H and O–H groups in total. The SMILES string of the molecule is CN(Cc1nccs1)C(=O)NC[C@H]1CCCN(Cc2ccccc2)C1. The third kappa shape index (κ3) is 5.54. The summed E-state index contributed by atoms with van der Waals surface area (Å²) in [5.41, 5.74) is 1.36. The van der Waals surface area contributed by atoms with Crippen molar-refractivity contribution in [1.82, 2.24) is 20.1 Å². The fourth-order valence-electron chi connectivity index (χ4n) is 3.28. The zero-order valence-corrected chi connectivity index (χ0v) is 15.5. The van der Waals surface area contributed by atoms with Crippen molar-refractivity contribution in [2.24, 2.45) is 5.92 Å². The molecule has 1 aliphatic heterocycles. The molecule has 0 bridgehead atoms. The fourth-order valence-corrected chi connectivity index (χ4v) is 3.94. The molecule has 2 heterocycles. The third-order valence-corrected chi connectivity index (χ3v) is 5.36. The molecule has 3 rings (SSSR count). The number of urea groups is 1. The molecule has 0 aliphatic carbocycles. The predicted molar refractivity (Wildman–Crippen MR) is 101 cm³/mol. The summed E-state index contributed by atoms with van der Waals surface area (Å²) >= 11 is 1.58. The van der Waals surface area contributed by atoms with Crippen LogP contribution in [0.3, 0.4) is 0 Å². The molecule has 1 saturated heterocycles. The smallest absolute Gasteiger partial charge is 0.317 e. The van der Waals surface area contributed by atoms with Gasteiger partial charge in [0.05, 0.1) is 6.54 Å². The van der Waals surface area contributed by atoms with Crippen molar-refractivity contribution in [1.29, 1.82) is 0 Å². The van der Waals surface area contributed by atoms with Gasteiger partial charge in [-0.2, -0.15) is 0 Å². The van der Waals surface area contributed by atoms with E-state index in [1.54, 1.807) is 22.4 Å². The number of rotatable bonds is 6. The minimum absolute atomic E-state index is 0.0182. The monoisotopic (exact) mass is 358 g/mol. The first kappa shape index (κ1) is 17.9. The van der Waals surface area contributed by atoms with Crippen LogP contribution in [-0.2, 0) is 13.1 Å². The number of hydrogen-bond donors (Lipinski definition) is 1. The van der Waals surface area contributed by atoms with Crippen LogP contribution in [0.4, 0.5) is 4.79 Å². The average Bonchev–Trinajstić information content (AvgIpc) is 3.14. The van der Waals surface area contributed by atoms with Crippen LogP contribution in [0.25, 0.3) is 0 Å². The van der Waals surface area contributed by atoms with E-state index in [-0.39, 0.29) is 6.03 Å². The summed E-state index contributed by atoms with van der Waals surface area (Å²) in [4.78, 5) is 20.7. The highest BCUT2D eigenvalue weighted by Gasteiger charge is 2.21. The number of nitrogens with one attached hydrogen (secondary N) is 1. The molecule has 6 heteroatoms. The van der Waals surface area contributed by atoms with Gasteiger partial charge in [-0.25, -0.2) is 9.78 Å². The summed E-state index contributed by atoms with van der Waals surface area (Å²) < 4.78 is 0. The number of nitrogens with zero attached hydrogens (tertiary/aromatic N) is 3. The lowest BCUT2D eigenvalue weighted by atomic mass is 9.97. The number of thiazole rings is 1. The van der Waals surface area contributed by atoms with Crippen LogP contribution in [0, 0.1) is 5.92 Å². The van der Waals surface area contributed by atoms with Crippen LogP contribution >= 0.6 is 11.3 Å². The molecule has 0 radical (unpaired) electrons. The summed E-state index contributed by atoms with van der Waals surface area (Å²) in [7, 11) is 1.82. The Morgan fingerprint density at radius 1 is 1.40 bits per heavy atom. The second-order valence-electron chi connectivity index (χ2n) is 6.70. The Morgan fingerprint density at radius 3 is 3.00 bits per heavy atom. The molecule has 1 fully saturated rings. The van der Waals surface area contributed by atoms with E-state index in [0.717, 1.165) is 31.2 Å². The van der Waals surface area contributed by atoms with Crippen molar-refractivity contribution in [3.8, 4) is 0 Å². The molecule has 134 valence electrons. The number of piperidine rings is 1. The van der Waals surface area contributed by atoms with E-state index in [4.69, 9.17) is 0 Å². The summed E-state index contributed by atoms with van der Waals surface area (Å²) in [6, 6.07) is 10.6. The van der Waals surface area contributed by atoms with E-state index >= 15 is 0 Å². The van der Waals surface area contributed by atoms with E-state index in [9.17, 15) is 4.79 Å². The summed E-state index contributed by atoms with van der Waals surface area (Å²) in [5, 5.41) is 5.98. The number of amides is 2. The molecule has 1 atom stereocenters. The second kappa shape index (κ2) is 8.97. The van der Waals surface area contributed by atoms with Crippen molar-refractivity contribution in [2.75, 3.05) is 26.7 Å². The highest BCUT2D eigenvalue weighted by Crippen LogP contribution is 2.18. The predicted octanol–water partition coefficient (Wildman–Crippen LogP) is 3.20. The van der Waals surface area contributed by atoms with Gasteiger partial charge < -0.3 is 10.2 Å². The molecule has 1 aliphatic rings. The molecule has 2 aromatic rings. The quantitative estimate of drug-likeness (QED) is 0.863. The highest BCUT2D eigenvalue weighted by atomic mass is 32.1. The van der Waals surface area contributed by atoms with E-state index in [1.165, 1.54) is 18.4 Å². The van der Waals surface area contributed by atoms with Gasteiger partial charge in [0.2, 0.25) is 0 Å². The molecule has 0 spiro atoms. The van der Waals surface area contributed by atoms with Crippen LogP contribution in [-0.4, -0.2) is 47.5 Å². The number of carbonyl (C=O) groups is 1. The highest BCUT2D eigenvalue weighted by molar-refractivity contribution is 7.09. The molecule has 1 aromatic heterocycles. The Kier molecular flexibility index (Phi) is 6.42. The van der Waals surface area contributed by atoms with Gasteiger partial charge in [-0.1, -0.05) is 30.3 Å². The van der Waals surface area contributed by atoms with Gasteiger partial charge in [0.25, 0.3) is 0 Å². The first-order chi connectivity index (χ1) is 12.2. The summed E-state index contributed by atoms with van der Waals surface area (Å²) in [5.74, 6) is 0.523. The molecule has 1 aromatic carbocycles. The normalized spacial score (nSPS) is 18.0. The zero-order chi connectivity index (χ0) is 17.5. The lowest BCUT2D eigenvalue weighted by Gasteiger charge is -2.33. The molecular formula is C19H26N4OS. The van der Waals surface area contributed by atoms with Gasteiger partial charge in [0, 0.05) is 38.3 Å². The number of carbonyl (C=O) groups excluding carboxylic acids is 1. The van der Waals surface area contributed by atoms with Crippen LogP contribution < -0.4 is 5.32 Å².